The van der Waals surface area contributed by atoms with Gasteiger partial charge in [-0.15, -0.1) is 11.3 Å². The fraction of sp³-hybridized carbons (Fsp3) is 0.556. The van der Waals surface area contributed by atoms with Crippen LogP contribution < -0.4 is 5.32 Å². The number of rotatable bonds is 4. The number of aryl methyl sites for hydroxylation is 2. The standard InChI is InChI=1S/C18H24N4O2S/c1-12-13(2)25-18(20-12)9-22-7-15-16(8-22)24-11-14(10-23-15)21-17-5-3-4-6-19-17/h3-6,14-16H,7-11H2,1-2H3,(H,19,21)/t15-,16-/m0/s1. The largest absolute Gasteiger partial charge is 0.372 e. The number of aromatic nitrogens is 2. The van der Waals surface area contributed by atoms with Gasteiger partial charge in [-0.25, -0.2) is 9.97 Å². The first kappa shape index (κ1) is 16.9. The van der Waals surface area contributed by atoms with Crippen molar-refractivity contribution in [1.29, 1.82) is 0 Å². The zero-order chi connectivity index (χ0) is 17.2. The van der Waals surface area contributed by atoms with Crippen LogP contribution >= 0.6 is 11.3 Å². The lowest BCUT2D eigenvalue weighted by Crippen LogP contribution is -2.31. The van der Waals surface area contributed by atoms with E-state index in [-0.39, 0.29) is 18.2 Å². The summed E-state index contributed by atoms with van der Waals surface area (Å²) in [7, 11) is 0. The second kappa shape index (κ2) is 7.37. The first-order valence-corrected chi connectivity index (χ1v) is 9.55. The third-order valence-corrected chi connectivity index (χ3v) is 5.82. The Bertz CT molecular complexity index is 673. The predicted octanol–water partition coefficient (Wildman–Crippen LogP) is 2.24. The Morgan fingerprint density at radius 1 is 1.20 bits per heavy atom. The number of nitrogens with zero attached hydrogens (tertiary/aromatic N) is 3. The molecule has 2 aliphatic heterocycles. The van der Waals surface area contributed by atoms with Crippen LogP contribution in [0.2, 0.25) is 0 Å². The Kier molecular flexibility index (Phi) is 4.98. The fourth-order valence-corrected chi connectivity index (χ4v) is 4.31. The molecule has 25 heavy (non-hydrogen) atoms. The normalized spacial score (nSPS) is 24.9. The molecule has 134 valence electrons. The topological polar surface area (TPSA) is 59.5 Å². The molecule has 0 aromatic carbocycles. The highest BCUT2D eigenvalue weighted by atomic mass is 32.1. The Morgan fingerprint density at radius 2 is 1.96 bits per heavy atom. The molecule has 0 amide bonds. The maximum absolute atomic E-state index is 6.13. The van der Waals surface area contributed by atoms with Gasteiger partial charge in [-0.3, -0.25) is 4.90 Å². The van der Waals surface area contributed by atoms with Crippen LogP contribution in [-0.4, -0.2) is 59.4 Å². The number of anilines is 1. The van der Waals surface area contributed by atoms with Crippen LogP contribution in [0.15, 0.2) is 24.4 Å². The van der Waals surface area contributed by atoms with Crippen LogP contribution in [0.3, 0.4) is 0 Å². The average molecular weight is 360 g/mol. The molecule has 2 aliphatic rings. The van der Waals surface area contributed by atoms with Gasteiger partial charge in [0.1, 0.15) is 10.8 Å². The molecule has 0 bridgehead atoms. The Labute approximate surface area is 152 Å². The van der Waals surface area contributed by atoms with Crippen molar-refractivity contribution in [2.75, 3.05) is 31.6 Å². The summed E-state index contributed by atoms with van der Waals surface area (Å²) in [5.41, 5.74) is 1.14. The minimum absolute atomic E-state index is 0.137. The van der Waals surface area contributed by atoms with Crippen molar-refractivity contribution in [3.8, 4) is 0 Å². The van der Waals surface area contributed by atoms with Crippen LogP contribution in [0.25, 0.3) is 0 Å². The number of hydrogen-bond donors (Lipinski definition) is 1. The van der Waals surface area contributed by atoms with E-state index in [0.717, 1.165) is 31.1 Å². The highest BCUT2D eigenvalue weighted by Crippen LogP contribution is 2.24. The molecule has 0 saturated carbocycles. The van der Waals surface area contributed by atoms with Gasteiger partial charge in [0.25, 0.3) is 0 Å². The summed E-state index contributed by atoms with van der Waals surface area (Å²) >= 11 is 1.79. The van der Waals surface area contributed by atoms with E-state index >= 15 is 0 Å². The van der Waals surface area contributed by atoms with Crippen LogP contribution in [0.1, 0.15) is 15.6 Å². The zero-order valence-electron chi connectivity index (χ0n) is 14.6. The number of likely N-dealkylation sites (tertiary alicyclic amines) is 1. The molecule has 1 N–H and O–H groups in total. The first-order valence-electron chi connectivity index (χ1n) is 8.73. The number of hydrogen-bond acceptors (Lipinski definition) is 7. The zero-order valence-corrected chi connectivity index (χ0v) is 15.5. The van der Waals surface area contributed by atoms with Crippen molar-refractivity contribution in [1.82, 2.24) is 14.9 Å². The monoisotopic (exact) mass is 360 g/mol. The highest BCUT2D eigenvalue weighted by Gasteiger charge is 2.37. The van der Waals surface area contributed by atoms with E-state index < -0.39 is 0 Å². The molecule has 2 atom stereocenters. The van der Waals surface area contributed by atoms with Crippen LogP contribution in [0.5, 0.6) is 0 Å². The van der Waals surface area contributed by atoms with Crippen molar-refractivity contribution >= 4 is 17.2 Å². The Balaban J connectivity index is 1.31. The molecule has 2 aromatic rings. The number of pyridine rings is 1. The fourth-order valence-electron chi connectivity index (χ4n) is 3.33. The second-order valence-electron chi connectivity index (χ2n) is 6.74. The third-order valence-electron chi connectivity index (χ3n) is 4.76. The molecule has 0 radical (unpaired) electrons. The van der Waals surface area contributed by atoms with E-state index in [1.165, 1.54) is 9.88 Å². The number of nitrogens with one attached hydrogen (secondary N) is 1. The SMILES string of the molecule is Cc1nc(CN2C[C@@H]3OCC(Nc4ccccn4)CO[C@H]3C2)sc1C. The summed E-state index contributed by atoms with van der Waals surface area (Å²) in [6.45, 7) is 8.17. The van der Waals surface area contributed by atoms with Gasteiger partial charge in [0, 0.05) is 24.2 Å². The molecule has 0 spiro atoms. The minimum Gasteiger partial charge on any atom is -0.372 e. The van der Waals surface area contributed by atoms with Gasteiger partial charge >= 0.3 is 0 Å². The van der Waals surface area contributed by atoms with Crippen molar-refractivity contribution in [2.45, 2.75) is 38.6 Å². The third kappa shape index (κ3) is 4.00. The van der Waals surface area contributed by atoms with Gasteiger partial charge < -0.3 is 14.8 Å². The lowest BCUT2D eigenvalue weighted by molar-refractivity contribution is -0.00461. The van der Waals surface area contributed by atoms with Gasteiger partial charge in [-0.1, -0.05) is 6.07 Å². The van der Waals surface area contributed by atoms with Crippen molar-refractivity contribution in [2.24, 2.45) is 0 Å². The van der Waals surface area contributed by atoms with Gasteiger partial charge in [-0.05, 0) is 26.0 Å². The Hall–Kier alpha value is -1.54. The molecule has 0 aliphatic carbocycles. The average Bonchev–Trinajstić information content (AvgIpc) is 3.07. The Morgan fingerprint density at radius 3 is 2.56 bits per heavy atom. The van der Waals surface area contributed by atoms with Crippen LogP contribution in [0.4, 0.5) is 5.82 Å². The molecule has 4 heterocycles. The molecular formula is C18H24N4O2S. The van der Waals surface area contributed by atoms with E-state index in [1.54, 1.807) is 17.5 Å². The maximum Gasteiger partial charge on any atom is 0.126 e. The first-order chi connectivity index (χ1) is 12.2. The quantitative estimate of drug-likeness (QED) is 0.902. The lowest BCUT2D eigenvalue weighted by Gasteiger charge is -2.18. The second-order valence-corrected chi connectivity index (χ2v) is 8.03. The van der Waals surface area contributed by atoms with Gasteiger partial charge in [0.2, 0.25) is 0 Å². The summed E-state index contributed by atoms with van der Waals surface area (Å²) < 4.78 is 12.3. The van der Waals surface area contributed by atoms with Gasteiger partial charge in [0.15, 0.2) is 0 Å². The summed E-state index contributed by atoms with van der Waals surface area (Å²) in [4.78, 5) is 12.6. The molecule has 7 heteroatoms. The molecule has 4 rings (SSSR count). The van der Waals surface area contributed by atoms with Crippen molar-refractivity contribution in [3.63, 3.8) is 0 Å². The smallest absolute Gasteiger partial charge is 0.126 e. The summed E-state index contributed by atoms with van der Waals surface area (Å²) in [5, 5.41) is 4.57. The van der Waals surface area contributed by atoms with Crippen molar-refractivity contribution < 1.29 is 9.47 Å². The predicted molar refractivity (Wildman–Crippen MR) is 98.0 cm³/mol. The molecular weight excluding hydrogens is 336 g/mol. The lowest BCUT2D eigenvalue weighted by atomic mass is 10.3. The molecule has 6 nitrogen and oxygen atoms in total. The number of thiazole rings is 1. The highest BCUT2D eigenvalue weighted by molar-refractivity contribution is 7.11. The summed E-state index contributed by atoms with van der Waals surface area (Å²) in [6.07, 6.45) is 2.06. The maximum atomic E-state index is 6.13. The van der Waals surface area contributed by atoms with Crippen LogP contribution in [0, 0.1) is 13.8 Å². The van der Waals surface area contributed by atoms with E-state index in [9.17, 15) is 0 Å². The summed E-state index contributed by atoms with van der Waals surface area (Å²) in [5.74, 6) is 0.864. The molecule has 2 fully saturated rings. The van der Waals surface area contributed by atoms with Gasteiger partial charge in [0.05, 0.1) is 43.7 Å². The summed E-state index contributed by atoms with van der Waals surface area (Å²) in [6, 6.07) is 5.99. The molecule has 2 saturated heterocycles. The van der Waals surface area contributed by atoms with Crippen molar-refractivity contribution in [3.05, 3.63) is 40.0 Å². The number of ether oxygens (including phenoxy) is 2. The molecule has 2 aromatic heterocycles. The van der Waals surface area contributed by atoms with E-state index in [1.807, 2.05) is 18.2 Å². The van der Waals surface area contributed by atoms with E-state index in [2.05, 4.69) is 34.0 Å². The number of fused-ring (bicyclic) bond motifs is 1. The molecule has 0 unspecified atom stereocenters. The minimum atomic E-state index is 0.137. The van der Waals surface area contributed by atoms with Crippen LogP contribution in [-0.2, 0) is 16.0 Å². The van der Waals surface area contributed by atoms with Gasteiger partial charge in [-0.2, -0.15) is 0 Å². The van der Waals surface area contributed by atoms with E-state index in [4.69, 9.17) is 9.47 Å². The van der Waals surface area contributed by atoms with E-state index in [0.29, 0.717) is 13.2 Å².